The van der Waals surface area contributed by atoms with Crippen molar-refractivity contribution < 1.29 is 29.0 Å². The number of ether oxygens (including phenoxy) is 1. The van der Waals surface area contributed by atoms with Crippen molar-refractivity contribution in [3.8, 4) is 0 Å². The summed E-state index contributed by atoms with van der Waals surface area (Å²) >= 11 is 0. The van der Waals surface area contributed by atoms with E-state index in [9.17, 15) is 24.3 Å². The highest BCUT2D eigenvalue weighted by atomic mass is 16.6. The van der Waals surface area contributed by atoms with Crippen LogP contribution in [0.1, 0.15) is 124 Å². The van der Waals surface area contributed by atoms with Crippen molar-refractivity contribution in [2.24, 2.45) is 23.7 Å². The number of aliphatic carboxylic acids is 1. The average molecular weight is 712 g/mol. The number of fused-ring (bicyclic) bond motifs is 2. The molecule has 0 spiro atoms. The highest BCUT2D eigenvalue weighted by Gasteiger charge is 2.61. The van der Waals surface area contributed by atoms with E-state index in [1.54, 1.807) is 20.8 Å². The number of hydrazine groups is 3. The molecule has 0 bridgehead atoms. The molecule has 3 aliphatic carbocycles. The van der Waals surface area contributed by atoms with Crippen LogP contribution in [0.15, 0.2) is 24.3 Å². The van der Waals surface area contributed by atoms with Gasteiger partial charge in [-0.2, -0.15) is 10.7 Å². The van der Waals surface area contributed by atoms with Gasteiger partial charge in [0.05, 0.1) is 12.2 Å². The van der Waals surface area contributed by atoms with E-state index in [-0.39, 0.29) is 37.0 Å². The van der Waals surface area contributed by atoms with Gasteiger partial charge in [-0.25, -0.2) is 20.4 Å². The van der Waals surface area contributed by atoms with Gasteiger partial charge in [0.15, 0.2) is 0 Å². The van der Waals surface area contributed by atoms with E-state index >= 15 is 0 Å². The molecule has 6 rings (SSSR count). The summed E-state index contributed by atoms with van der Waals surface area (Å²) in [5, 5.41) is 17.8. The zero-order chi connectivity index (χ0) is 36.2. The summed E-state index contributed by atoms with van der Waals surface area (Å²) in [4.78, 5) is 55.4. The molecule has 0 aromatic carbocycles. The lowest BCUT2D eigenvalue weighted by atomic mass is 9.76. The Bertz CT molecular complexity index is 1330. The fourth-order valence-corrected chi connectivity index (χ4v) is 8.94. The smallest absolute Gasteiger partial charge is 0.408 e. The van der Waals surface area contributed by atoms with E-state index in [0.717, 1.165) is 32.1 Å². The summed E-state index contributed by atoms with van der Waals surface area (Å²) < 4.78 is 5.52. The second-order valence-electron chi connectivity index (χ2n) is 16.9. The first-order valence-corrected chi connectivity index (χ1v) is 19.7. The number of carboxylic acids is 1. The van der Waals surface area contributed by atoms with E-state index in [1.165, 1.54) is 49.8 Å². The van der Waals surface area contributed by atoms with Crippen LogP contribution in [0.5, 0.6) is 0 Å². The van der Waals surface area contributed by atoms with Crippen LogP contribution in [0.3, 0.4) is 0 Å². The van der Waals surface area contributed by atoms with E-state index in [2.05, 4.69) is 39.2 Å². The third kappa shape index (κ3) is 9.33. The Hall–Kier alpha value is -3.00. The number of alkyl carbamates (subject to hydrolysis) is 1. The minimum absolute atomic E-state index is 0.0234. The minimum Gasteiger partial charge on any atom is -0.479 e. The molecule has 2 saturated heterocycles. The number of carbonyl (C=O) groups excluding carboxylic acids is 3. The van der Waals surface area contributed by atoms with E-state index in [0.29, 0.717) is 37.0 Å². The monoisotopic (exact) mass is 711 g/mol. The van der Waals surface area contributed by atoms with E-state index in [4.69, 9.17) is 4.74 Å². The summed E-state index contributed by atoms with van der Waals surface area (Å²) in [7, 11) is 0. The molecule has 0 aromatic heterocycles. The molecular weight excluding hydrogens is 650 g/mol. The average Bonchev–Trinajstić information content (AvgIpc) is 3.39. The number of allylic oxidation sites excluding steroid dienone is 3. The van der Waals surface area contributed by atoms with Gasteiger partial charge in [0.25, 0.3) is 0 Å². The molecule has 3 unspecified atom stereocenters. The quantitative estimate of drug-likeness (QED) is 0.217. The normalized spacial score (nSPS) is 36.8. The van der Waals surface area contributed by atoms with Gasteiger partial charge in [0.2, 0.25) is 11.8 Å². The molecule has 8 atom stereocenters. The number of carboxylic acid groups (broad SMARTS) is 1. The van der Waals surface area contributed by atoms with Crippen molar-refractivity contribution in [1.29, 1.82) is 0 Å². The maximum atomic E-state index is 14.4. The van der Waals surface area contributed by atoms with Crippen molar-refractivity contribution in [1.82, 2.24) is 37.0 Å². The van der Waals surface area contributed by atoms with Crippen LogP contribution in [0.4, 0.5) is 4.79 Å². The van der Waals surface area contributed by atoms with Gasteiger partial charge < -0.3 is 25.4 Å². The van der Waals surface area contributed by atoms with Crippen LogP contribution in [-0.4, -0.2) is 81.0 Å². The van der Waals surface area contributed by atoms with E-state index in [1.807, 2.05) is 17.3 Å². The third-order valence-electron chi connectivity index (χ3n) is 11.9. The molecule has 5 fully saturated rings. The lowest BCUT2D eigenvalue weighted by Crippen LogP contribution is -2.56. The van der Waals surface area contributed by atoms with Gasteiger partial charge in [0.1, 0.15) is 23.2 Å². The number of carbonyl (C=O) groups is 4. The Morgan fingerprint density at radius 1 is 0.980 bits per heavy atom. The maximum absolute atomic E-state index is 14.4. The highest BCUT2D eigenvalue weighted by molar-refractivity contribution is 5.96. The Morgan fingerprint density at radius 2 is 1.71 bits per heavy atom. The zero-order valence-corrected chi connectivity index (χ0v) is 30.8. The molecule has 3 aliphatic heterocycles. The second-order valence-corrected chi connectivity index (χ2v) is 16.9. The van der Waals surface area contributed by atoms with Crippen LogP contribution in [0, 0.1) is 23.7 Å². The van der Waals surface area contributed by atoms with Gasteiger partial charge >= 0.3 is 12.1 Å². The van der Waals surface area contributed by atoms with Crippen LogP contribution in [-0.2, 0) is 19.1 Å². The molecular formula is C38H61N7O6. The van der Waals surface area contributed by atoms with Gasteiger partial charge in [-0.3, -0.25) is 9.59 Å². The predicted molar refractivity (Wildman–Crippen MR) is 192 cm³/mol. The molecule has 51 heavy (non-hydrogen) atoms. The first-order chi connectivity index (χ1) is 24.4. The standard InChI is InChI=1S/C38H61N7O6/c1-37(2,3)51-36(50)39-30-19-11-6-4-5-10-17-27-23-38(27,35(48)49)40-33(46)31-22-28(24-44(31)34(30)47)45-42-32(41-43-45)29-18-13-12-16-26(29)21-20-25-14-8-7-9-15-25/h10,17,20-21,25-32,41-43H,4-9,11-16,18-19,22-24H2,1-3H3,(H,39,50)(H,40,46)(H,48,49)/b17-10-,21-20+/t26?,27-,28-,29?,30+,31+,32?,38-/m1/s1. The highest BCUT2D eigenvalue weighted by Crippen LogP contribution is 2.45. The van der Waals surface area contributed by atoms with Gasteiger partial charge in [0, 0.05) is 12.5 Å². The van der Waals surface area contributed by atoms with Crippen LogP contribution in [0.2, 0.25) is 0 Å². The number of nitrogens with one attached hydrogen (secondary N) is 5. The Morgan fingerprint density at radius 3 is 2.47 bits per heavy atom. The fourth-order valence-electron chi connectivity index (χ4n) is 8.94. The van der Waals surface area contributed by atoms with Crippen LogP contribution >= 0.6 is 0 Å². The molecule has 13 nitrogen and oxygen atoms in total. The molecule has 3 saturated carbocycles. The number of hydrogen-bond donors (Lipinski definition) is 6. The van der Waals surface area contributed by atoms with Gasteiger partial charge in [-0.15, -0.1) is 0 Å². The first kappa shape index (κ1) is 37.7. The molecule has 284 valence electrons. The number of hydrogen-bond acceptors (Lipinski definition) is 9. The molecule has 3 heterocycles. The maximum Gasteiger partial charge on any atom is 0.408 e. The number of rotatable bonds is 6. The van der Waals surface area contributed by atoms with Gasteiger partial charge in [-0.05, 0) is 96.3 Å². The summed E-state index contributed by atoms with van der Waals surface area (Å²) in [5.74, 6) is -0.687. The lowest BCUT2D eigenvalue weighted by Gasteiger charge is -2.34. The Balaban J connectivity index is 1.19. The molecule has 0 aromatic rings. The topological polar surface area (TPSA) is 164 Å². The van der Waals surface area contributed by atoms with Crippen molar-refractivity contribution in [3.63, 3.8) is 0 Å². The molecule has 6 N–H and O–H groups in total. The molecule has 13 heteroatoms. The zero-order valence-electron chi connectivity index (χ0n) is 30.8. The first-order valence-electron chi connectivity index (χ1n) is 19.7. The minimum atomic E-state index is -1.38. The predicted octanol–water partition coefficient (Wildman–Crippen LogP) is 4.43. The summed E-state index contributed by atoms with van der Waals surface area (Å²) in [5.41, 5.74) is 8.28. The Kier molecular flexibility index (Phi) is 12.1. The lowest BCUT2D eigenvalue weighted by molar-refractivity contribution is -0.145. The molecule has 3 amide bonds. The molecule has 0 radical (unpaired) electrons. The second kappa shape index (κ2) is 16.3. The number of amides is 3. The summed E-state index contributed by atoms with van der Waals surface area (Å²) in [6, 6.07) is -2.10. The summed E-state index contributed by atoms with van der Waals surface area (Å²) in [6.45, 7) is 5.53. The SMILES string of the molecule is CC(C)(C)OC(=O)N[C@H]1CCCCC/C=C\[C@@H]2C[C@@]2(C(=O)O)NC(=O)[C@@H]2C[C@@H](N3NNC(C4CCCCC4/C=C/C4CCCCC4)N3)CN2C1=O. The van der Waals surface area contributed by atoms with Gasteiger partial charge in [-0.1, -0.05) is 69.2 Å². The fraction of sp³-hybridized carbons (Fsp3) is 0.789. The van der Waals surface area contributed by atoms with Crippen molar-refractivity contribution in [2.75, 3.05) is 6.54 Å². The summed E-state index contributed by atoms with van der Waals surface area (Å²) in [6.07, 6.45) is 23.6. The van der Waals surface area contributed by atoms with E-state index < -0.39 is 41.2 Å². The van der Waals surface area contributed by atoms with Crippen molar-refractivity contribution in [3.05, 3.63) is 24.3 Å². The Labute approximate surface area is 303 Å². The van der Waals surface area contributed by atoms with Crippen molar-refractivity contribution in [2.45, 2.75) is 159 Å². The largest absolute Gasteiger partial charge is 0.479 e. The van der Waals surface area contributed by atoms with Crippen LogP contribution in [0.25, 0.3) is 0 Å². The number of nitrogens with zero attached hydrogens (tertiary/aromatic N) is 2. The van der Waals surface area contributed by atoms with Crippen molar-refractivity contribution >= 4 is 23.9 Å². The third-order valence-corrected chi connectivity index (χ3v) is 11.9. The molecule has 6 aliphatic rings. The van der Waals surface area contributed by atoms with Crippen LogP contribution < -0.4 is 27.0 Å².